The van der Waals surface area contributed by atoms with Crippen LogP contribution in [0.1, 0.15) is 19.3 Å². The Morgan fingerprint density at radius 1 is 1.20 bits per heavy atom. The standard InChI is InChI=1S/C14H21FN2O2.ClH/c1-16-9-2-4-14(18)17-10-3-11-19-13-7-5-12(15)6-8-13;/h5-8,16H,2-4,9-11H2,1H3,(H,17,18);1H. The van der Waals surface area contributed by atoms with Gasteiger partial charge in [-0.1, -0.05) is 0 Å². The number of halogens is 2. The van der Waals surface area contributed by atoms with Gasteiger partial charge in [0.2, 0.25) is 5.91 Å². The Kier molecular flexibility index (Phi) is 10.7. The Hall–Kier alpha value is -1.33. The summed E-state index contributed by atoms with van der Waals surface area (Å²) in [6.45, 7) is 1.95. The topological polar surface area (TPSA) is 50.4 Å². The number of carbonyl (C=O) groups is 1. The highest BCUT2D eigenvalue weighted by Crippen LogP contribution is 2.10. The molecule has 1 aromatic carbocycles. The fourth-order valence-electron chi connectivity index (χ4n) is 1.53. The monoisotopic (exact) mass is 304 g/mol. The van der Waals surface area contributed by atoms with Gasteiger partial charge in [0.05, 0.1) is 6.61 Å². The van der Waals surface area contributed by atoms with E-state index in [2.05, 4.69) is 10.6 Å². The molecule has 1 amide bonds. The zero-order chi connectivity index (χ0) is 13.9. The van der Waals surface area contributed by atoms with E-state index in [-0.39, 0.29) is 24.1 Å². The minimum absolute atomic E-state index is 0. The highest BCUT2D eigenvalue weighted by atomic mass is 35.5. The van der Waals surface area contributed by atoms with Crippen molar-refractivity contribution in [3.05, 3.63) is 30.1 Å². The van der Waals surface area contributed by atoms with Gasteiger partial charge in [-0.05, 0) is 50.7 Å². The van der Waals surface area contributed by atoms with Crippen LogP contribution in [-0.4, -0.2) is 32.7 Å². The quantitative estimate of drug-likeness (QED) is 0.687. The summed E-state index contributed by atoms with van der Waals surface area (Å²) in [5, 5.41) is 5.83. The highest BCUT2D eigenvalue weighted by Gasteiger charge is 2.00. The fraction of sp³-hybridized carbons (Fsp3) is 0.500. The smallest absolute Gasteiger partial charge is 0.220 e. The third kappa shape index (κ3) is 8.72. The maximum absolute atomic E-state index is 12.6. The maximum atomic E-state index is 12.6. The van der Waals surface area contributed by atoms with E-state index >= 15 is 0 Å². The van der Waals surface area contributed by atoms with Crippen LogP contribution in [0.2, 0.25) is 0 Å². The van der Waals surface area contributed by atoms with Crippen molar-refractivity contribution in [3.8, 4) is 5.75 Å². The lowest BCUT2D eigenvalue weighted by molar-refractivity contribution is -0.121. The molecule has 114 valence electrons. The predicted octanol–water partition coefficient (Wildman–Crippen LogP) is 2.13. The summed E-state index contributed by atoms with van der Waals surface area (Å²) >= 11 is 0. The van der Waals surface area contributed by atoms with Crippen LogP contribution in [0.3, 0.4) is 0 Å². The van der Waals surface area contributed by atoms with Crippen molar-refractivity contribution >= 4 is 18.3 Å². The van der Waals surface area contributed by atoms with E-state index in [0.29, 0.717) is 25.3 Å². The minimum atomic E-state index is -0.277. The van der Waals surface area contributed by atoms with Crippen LogP contribution in [0.5, 0.6) is 5.75 Å². The molecule has 2 N–H and O–H groups in total. The molecule has 0 atom stereocenters. The van der Waals surface area contributed by atoms with Gasteiger partial charge in [-0.2, -0.15) is 0 Å². The predicted molar refractivity (Wildman–Crippen MR) is 79.9 cm³/mol. The number of amides is 1. The SMILES string of the molecule is CNCCCC(=O)NCCCOc1ccc(F)cc1.Cl. The first-order chi connectivity index (χ1) is 9.22. The van der Waals surface area contributed by atoms with Crippen LogP contribution < -0.4 is 15.4 Å². The molecular formula is C14H22ClFN2O2. The molecule has 0 aliphatic rings. The summed E-state index contributed by atoms with van der Waals surface area (Å²) in [6, 6.07) is 5.90. The van der Waals surface area contributed by atoms with Crippen LogP contribution in [0.4, 0.5) is 4.39 Å². The third-order valence-corrected chi connectivity index (χ3v) is 2.56. The first-order valence-corrected chi connectivity index (χ1v) is 6.52. The van der Waals surface area contributed by atoms with E-state index in [4.69, 9.17) is 4.74 Å². The van der Waals surface area contributed by atoms with Crippen LogP contribution in [0, 0.1) is 5.82 Å². The van der Waals surface area contributed by atoms with Gasteiger partial charge < -0.3 is 15.4 Å². The number of hydrogen-bond acceptors (Lipinski definition) is 3. The molecule has 6 heteroatoms. The molecule has 0 fully saturated rings. The van der Waals surface area contributed by atoms with Crippen LogP contribution in [-0.2, 0) is 4.79 Å². The Bertz CT molecular complexity index is 374. The molecule has 0 saturated heterocycles. The van der Waals surface area contributed by atoms with Crippen molar-refractivity contribution in [2.75, 3.05) is 26.7 Å². The summed E-state index contributed by atoms with van der Waals surface area (Å²) in [5.74, 6) is 0.431. The number of benzene rings is 1. The van der Waals surface area contributed by atoms with Crippen LogP contribution >= 0.6 is 12.4 Å². The molecule has 4 nitrogen and oxygen atoms in total. The molecule has 0 aromatic heterocycles. The van der Waals surface area contributed by atoms with Gasteiger partial charge in [-0.3, -0.25) is 4.79 Å². The van der Waals surface area contributed by atoms with Crippen molar-refractivity contribution in [1.29, 1.82) is 0 Å². The number of hydrogen-bond donors (Lipinski definition) is 2. The van der Waals surface area contributed by atoms with Crippen molar-refractivity contribution in [2.24, 2.45) is 0 Å². The fourth-order valence-corrected chi connectivity index (χ4v) is 1.53. The normalized spacial score (nSPS) is 9.70. The second kappa shape index (κ2) is 11.5. The molecule has 0 heterocycles. The second-order valence-corrected chi connectivity index (χ2v) is 4.21. The van der Waals surface area contributed by atoms with E-state index in [1.165, 1.54) is 12.1 Å². The van der Waals surface area contributed by atoms with Crippen LogP contribution in [0.15, 0.2) is 24.3 Å². The molecule has 0 unspecified atom stereocenters. The van der Waals surface area contributed by atoms with Gasteiger partial charge in [0.1, 0.15) is 11.6 Å². The van der Waals surface area contributed by atoms with Gasteiger partial charge in [-0.25, -0.2) is 4.39 Å². The lowest BCUT2D eigenvalue weighted by Crippen LogP contribution is -2.26. The molecule has 0 bridgehead atoms. The molecule has 0 saturated carbocycles. The Morgan fingerprint density at radius 3 is 2.55 bits per heavy atom. The van der Waals surface area contributed by atoms with E-state index in [9.17, 15) is 9.18 Å². The van der Waals surface area contributed by atoms with Gasteiger partial charge >= 0.3 is 0 Å². The lowest BCUT2D eigenvalue weighted by atomic mass is 10.3. The summed E-state index contributed by atoms with van der Waals surface area (Å²) in [5.41, 5.74) is 0. The molecule has 1 aromatic rings. The van der Waals surface area contributed by atoms with E-state index in [1.807, 2.05) is 7.05 Å². The zero-order valence-corrected chi connectivity index (χ0v) is 12.5. The second-order valence-electron chi connectivity index (χ2n) is 4.21. The van der Waals surface area contributed by atoms with Crippen molar-refractivity contribution in [1.82, 2.24) is 10.6 Å². The number of rotatable bonds is 9. The Balaban J connectivity index is 0.00000361. The molecule has 20 heavy (non-hydrogen) atoms. The molecule has 1 rings (SSSR count). The average Bonchev–Trinajstić information content (AvgIpc) is 2.41. The zero-order valence-electron chi connectivity index (χ0n) is 11.7. The largest absolute Gasteiger partial charge is 0.494 e. The number of nitrogens with one attached hydrogen (secondary N) is 2. The molecule has 0 radical (unpaired) electrons. The van der Waals surface area contributed by atoms with Gasteiger partial charge in [0, 0.05) is 13.0 Å². The molecule has 0 aliphatic heterocycles. The maximum Gasteiger partial charge on any atom is 0.220 e. The first kappa shape index (κ1) is 18.7. The van der Waals surface area contributed by atoms with Gasteiger partial charge in [0.25, 0.3) is 0 Å². The van der Waals surface area contributed by atoms with E-state index < -0.39 is 0 Å². The van der Waals surface area contributed by atoms with Crippen molar-refractivity contribution in [3.63, 3.8) is 0 Å². The van der Waals surface area contributed by atoms with Gasteiger partial charge in [0.15, 0.2) is 0 Å². The van der Waals surface area contributed by atoms with Gasteiger partial charge in [-0.15, -0.1) is 12.4 Å². The van der Waals surface area contributed by atoms with Crippen molar-refractivity contribution in [2.45, 2.75) is 19.3 Å². The third-order valence-electron chi connectivity index (χ3n) is 2.56. The summed E-state index contributed by atoms with van der Waals surface area (Å²) < 4.78 is 18.1. The van der Waals surface area contributed by atoms with Crippen molar-refractivity contribution < 1.29 is 13.9 Å². The Morgan fingerprint density at radius 2 is 1.90 bits per heavy atom. The summed E-state index contributed by atoms with van der Waals surface area (Å²) in [7, 11) is 1.87. The van der Waals surface area contributed by atoms with Crippen LogP contribution in [0.25, 0.3) is 0 Å². The summed E-state index contributed by atoms with van der Waals surface area (Å²) in [6.07, 6.45) is 2.11. The first-order valence-electron chi connectivity index (χ1n) is 6.52. The number of ether oxygens (including phenoxy) is 1. The molecule has 0 aliphatic carbocycles. The van der Waals surface area contributed by atoms with E-state index in [1.54, 1.807) is 12.1 Å². The summed E-state index contributed by atoms with van der Waals surface area (Å²) in [4.78, 5) is 11.4. The molecule has 0 spiro atoms. The van der Waals surface area contributed by atoms with E-state index in [0.717, 1.165) is 19.4 Å². The average molecular weight is 305 g/mol. The number of carbonyl (C=O) groups excluding carboxylic acids is 1. The molecular weight excluding hydrogens is 283 g/mol. The highest BCUT2D eigenvalue weighted by molar-refractivity contribution is 5.85. The Labute approximate surface area is 125 Å². The minimum Gasteiger partial charge on any atom is -0.494 e. The lowest BCUT2D eigenvalue weighted by Gasteiger charge is -2.07.